The molecule has 100 valence electrons. The topological polar surface area (TPSA) is 34.0 Å². The summed E-state index contributed by atoms with van der Waals surface area (Å²) in [6.45, 7) is 2.11. The minimum Gasteiger partial charge on any atom is -0.376 e. The number of halogens is 2. The second kappa shape index (κ2) is 5.45. The molecule has 2 rings (SSSR count). The van der Waals surface area contributed by atoms with E-state index in [0.29, 0.717) is 16.3 Å². The molecule has 1 N–H and O–H groups in total. The van der Waals surface area contributed by atoms with Crippen molar-refractivity contribution in [1.82, 2.24) is 4.57 Å². The maximum absolute atomic E-state index is 13.5. The molecule has 5 heteroatoms. The zero-order valence-electron chi connectivity index (χ0n) is 10.7. The van der Waals surface area contributed by atoms with Gasteiger partial charge in [0.2, 0.25) is 0 Å². The van der Waals surface area contributed by atoms with Gasteiger partial charge < -0.3 is 9.88 Å². The number of nitrogens with one attached hydrogen (secondary N) is 1. The Balaban J connectivity index is 2.24. The SMILES string of the molecule is Cc1cc(NCc2cc(Cl)ccc2F)c(=O)n(C)c1. The molecule has 0 bridgehead atoms. The molecule has 0 amide bonds. The Morgan fingerprint density at radius 2 is 2.11 bits per heavy atom. The van der Waals surface area contributed by atoms with E-state index in [0.717, 1.165) is 5.56 Å². The Morgan fingerprint density at radius 1 is 1.37 bits per heavy atom. The number of rotatable bonds is 3. The highest BCUT2D eigenvalue weighted by molar-refractivity contribution is 6.30. The minimum atomic E-state index is -0.346. The van der Waals surface area contributed by atoms with Crippen LogP contribution in [-0.2, 0) is 13.6 Å². The average Bonchev–Trinajstić information content (AvgIpc) is 2.35. The quantitative estimate of drug-likeness (QED) is 0.937. The van der Waals surface area contributed by atoms with E-state index in [9.17, 15) is 9.18 Å². The van der Waals surface area contributed by atoms with Gasteiger partial charge in [0.15, 0.2) is 0 Å². The second-order valence-corrected chi connectivity index (χ2v) is 4.87. The molecule has 0 fully saturated rings. The summed E-state index contributed by atoms with van der Waals surface area (Å²) in [5.74, 6) is -0.346. The van der Waals surface area contributed by atoms with Crippen LogP contribution in [0.1, 0.15) is 11.1 Å². The van der Waals surface area contributed by atoms with E-state index in [1.54, 1.807) is 25.4 Å². The predicted molar refractivity (Wildman–Crippen MR) is 75.2 cm³/mol. The van der Waals surface area contributed by atoms with Gasteiger partial charge in [0.25, 0.3) is 5.56 Å². The van der Waals surface area contributed by atoms with Crippen molar-refractivity contribution in [3.8, 4) is 0 Å². The Hall–Kier alpha value is -1.81. The van der Waals surface area contributed by atoms with Crippen molar-refractivity contribution in [3.05, 3.63) is 62.8 Å². The molecule has 1 aromatic heterocycles. The van der Waals surface area contributed by atoms with Crippen LogP contribution in [0.2, 0.25) is 5.02 Å². The van der Waals surface area contributed by atoms with Gasteiger partial charge in [-0.15, -0.1) is 0 Å². The first-order chi connectivity index (χ1) is 8.97. The van der Waals surface area contributed by atoms with E-state index in [4.69, 9.17) is 11.6 Å². The summed E-state index contributed by atoms with van der Waals surface area (Å²) in [6, 6.07) is 6.09. The van der Waals surface area contributed by atoms with Crippen LogP contribution in [-0.4, -0.2) is 4.57 Å². The standard InChI is InChI=1S/C14H14ClFN2O/c1-9-5-13(14(19)18(2)8-9)17-7-10-6-11(15)3-4-12(10)16/h3-6,8,17H,7H2,1-2H3. The van der Waals surface area contributed by atoms with E-state index in [1.807, 2.05) is 6.92 Å². The Morgan fingerprint density at radius 3 is 2.84 bits per heavy atom. The van der Waals surface area contributed by atoms with E-state index in [1.165, 1.54) is 16.7 Å². The first-order valence-electron chi connectivity index (χ1n) is 5.82. The average molecular weight is 281 g/mol. The van der Waals surface area contributed by atoms with Crippen molar-refractivity contribution >= 4 is 17.3 Å². The largest absolute Gasteiger partial charge is 0.376 e. The number of hydrogen-bond donors (Lipinski definition) is 1. The lowest BCUT2D eigenvalue weighted by atomic mass is 10.2. The fraction of sp³-hybridized carbons (Fsp3) is 0.214. The summed E-state index contributed by atoms with van der Waals surface area (Å²) in [7, 11) is 1.68. The zero-order chi connectivity index (χ0) is 14.0. The molecule has 0 atom stereocenters. The summed E-state index contributed by atoms with van der Waals surface area (Å²) in [4.78, 5) is 11.9. The maximum Gasteiger partial charge on any atom is 0.273 e. The number of pyridine rings is 1. The normalized spacial score (nSPS) is 10.5. The molecule has 1 heterocycles. The van der Waals surface area contributed by atoms with Gasteiger partial charge in [-0.1, -0.05) is 11.6 Å². The molecule has 2 aromatic rings. The third kappa shape index (κ3) is 3.15. The highest BCUT2D eigenvalue weighted by atomic mass is 35.5. The van der Waals surface area contributed by atoms with E-state index >= 15 is 0 Å². The molecule has 0 radical (unpaired) electrons. The molecule has 0 saturated heterocycles. The highest BCUT2D eigenvalue weighted by Crippen LogP contribution is 2.16. The fourth-order valence-electron chi connectivity index (χ4n) is 1.88. The molecule has 0 aliphatic rings. The number of benzene rings is 1. The third-order valence-corrected chi connectivity index (χ3v) is 3.03. The van der Waals surface area contributed by atoms with Gasteiger partial charge >= 0.3 is 0 Å². The Kier molecular flexibility index (Phi) is 3.90. The van der Waals surface area contributed by atoms with Crippen LogP contribution >= 0.6 is 11.6 Å². The van der Waals surface area contributed by atoms with E-state index in [2.05, 4.69) is 5.32 Å². The fourth-order valence-corrected chi connectivity index (χ4v) is 2.07. The van der Waals surface area contributed by atoms with Gasteiger partial charge in [0, 0.05) is 30.4 Å². The second-order valence-electron chi connectivity index (χ2n) is 4.44. The smallest absolute Gasteiger partial charge is 0.273 e. The molecule has 0 aliphatic heterocycles. The van der Waals surface area contributed by atoms with Crippen molar-refractivity contribution < 1.29 is 4.39 Å². The van der Waals surface area contributed by atoms with Crippen molar-refractivity contribution in [2.45, 2.75) is 13.5 Å². The maximum atomic E-state index is 13.5. The van der Waals surface area contributed by atoms with Gasteiger partial charge in [-0.25, -0.2) is 4.39 Å². The number of anilines is 1. The van der Waals surface area contributed by atoms with Crippen LogP contribution in [0.4, 0.5) is 10.1 Å². The lowest BCUT2D eigenvalue weighted by molar-refractivity contribution is 0.613. The molecule has 1 aromatic carbocycles. The monoisotopic (exact) mass is 280 g/mol. The molecule has 0 unspecified atom stereocenters. The number of hydrogen-bond acceptors (Lipinski definition) is 2. The number of aryl methyl sites for hydroxylation is 2. The Bertz CT molecular complexity index is 667. The van der Waals surface area contributed by atoms with Crippen LogP contribution < -0.4 is 10.9 Å². The third-order valence-electron chi connectivity index (χ3n) is 2.80. The van der Waals surface area contributed by atoms with Crippen molar-refractivity contribution in [2.24, 2.45) is 7.05 Å². The van der Waals surface area contributed by atoms with Crippen LogP contribution in [0.25, 0.3) is 0 Å². The summed E-state index contributed by atoms with van der Waals surface area (Å²) in [5, 5.41) is 3.41. The number of aromatic nitrogens is 1. The van der Waals surface area contributed by atoms with Crippen molar-refractivity contribution in [1.29, 1.82) is 0 Å². The van der Waals surface area contributed by atoms with Crippen LogP contribution in [0.5, 0.6) is 0 Å². The van der Waals surface area contributed by atoms with Crippen LogP contribution in [0.15, 0.2) is 35.3 Å². The van der Waals surface area contributed by atoms with Crippen molar-refractivity contribution in [2.75, 3.05) is 5.32 Å². The van der Waals surface area contributed by atoms with Crippen molar-refractivity contribution in [3.63, 3.8) is 0 Å². The molecular weight excluding hydrogens is 267 g/mol. The summed E-state index contributed by atoms with van der Waals surface area (Å²) >= 11 is 5.82. The first-order valence-corrected chi connectivity index (χ1v) is 6.20. The summed E-state index contributed by atoms with van der Waals surface area (Å²) < 4.78 is 15.0. The molecule has 0 saturated carbocycles. The number of nitrogens with zero attached hydrogens (tertiary/aromatic N) is 1. The van der Waals surface area contributed by atoms with Crippen LogP contribution in [0, 0.1) is 12.7 Å². The summed E-state index contributed by atoms with van der Waals surface area (Å²) in [5.41, 5.74) is 1.68. The lowest BCUT2D eigenvalue weighted by Crippen LogP contribution is -2.21. The summed E-state index contributed by atoms with van der Waals surface area (Å²) in [6.07, 6.45) is 1.74. The lowest BCUT2D eigenvalue weighted by Gasteiger charge is -2.09. The zero-order valence-corrected chi connectivity index (χ0v) is 11.5. The van der Waals surface area contributed by atoms with Gasteiger partial charge in [-0.05, 0) is 36.8 Å². The van der Waals surface area contributed by atoms with Gasteiger partial charge in [-0.2, -0.15) is 0 Å². The van der Waals surface area contributed by atoms with Gasteiger partial charge in [0.1, 0.15) is 11.5 Å². The van der Waals surface area contributed by atoms with E-state index < -0.39 is 0 Å². The van der Waals surface area contributed by atoms with E-state index in [-0.39, 0.29) is 17.9 Å². The highest BCUT2D eigenvalue weighted by Gasteiger charge is 2.06. The molecule has 0 spiro atoms. The predicted octanol–water partition coefficient (Wildman–Crippen LogP) is 3.10. The molecule has 3 nitrogen and oxygen atoms in total. The molecule has 19 heavy (non-hydrogen) atoms. The minimum absolute atomic E-state index is 0.145. The first kappa shape index (κ1) is 13.6. The molecular formula is C14H14ClFN2O. The molecule has 0 aliphatic carbocycles. The Labute approximate surface area is 115 Å². The van der Waals surface area contributed by atoms with Crippen LogP contribution in [0.3, 0.4) is 0 Å². The van der Waals surface area contributed by atoms with Gasteiger partial charge in [-0.3, -0.25) is 4.79 Å². The van der Waals surface area contributed by atoms with Gasteiger partial charge in [0.05, 0.1) is 0 Å².